The van der Waals surface area contributed by atoms with Crippen LogP contribution < -0.4 is 31.6 Å². The first-order valence-corrected chi connectivity index (χ1v) is 19.3. The van der Waals surface area contributed by atoms with Crippen LogP contribution in [0.25, 0.3) is 58.3 Å². The molecule has 246 valence electrons. The van der Waals surface area contributed by atoms with Crippen LogP contribution in [0.4, 0.5) is 0 Å². The van der Waals surface area contributed by atoms with E-state index in [1.807, 2.05) is 0 Å². The number of benzene rings is 2. The molecule has 50 heavy (non-hydrogen) atoms. The van der Waals surface area contributed by atoms with Crippen molar-refractivity contribution in [3.05, 3.63) is 140 Å². The SMILES string of the molecule is C1=CC2CCC=CC2C(n2c3c(c4ccccc42)=CC(C2C=c4c5c(n(C6=c7ccccc7=C7C=CCCC7C6)c4=CC2)CCC=C5)CC=3)=C1. The van der Waals surface area contributed by atoms with Gasteiger partial charge in [0.05, 0.1) is 5.52 Å². The van der Waals surface area contributed by atoms with Gasteiger partial charge in [-0.15, -0.1) is 0 Å². The molecule has 11 rings (SSSR count). The molecule has 0 bridgehead atoms. The van der Waals surface area contributed by atoms with Gasteiger partial charge in [0.25, 0.3) is 0 Å². The third-order valence-electron chi connectivity index (χ3n) is 13.0. The summed E-state index contributed by atoms with van der Waals surface area (Å²) < 4.78 is 5.34. The summed E-state index contributed by atoms with van der Waals surface area (Å²) in [5.74, 6) is 2.64. The molecule has 2 nitrogen and oxygen atoms in total. The third kappa shape index (κ3) is 4.27. The summed E-state index contributed by atoms with van der Waals surface area (Å²) in [6.07, 6.45) is 42.6. The van der Waals surface area contributed by atoms with Crippen molar-refractivity contribution in [2.75, 3.05) is 0 Å². The van der Waals surface area contributed by atoms with Gasteiger partial charge in [0.2, 0.25) is 0 Å². The van der Waals surface area contributed by atoms with Crippen LogP contribution in [0.1, 0.15) is 62.6 Å². The molecule has 4 aromatic rings. The van der Waals surface area contributed by atoms with Gasteiger partial charge in [0, 0.05) is 60.3 Å². The molecule has 2 heterocycles. The van der Waals surface area contributed by atoms with Crippen LogP contribution in [0.3, 0.4) is 0 Å². The number of rotatable bonds is 3. The van der Waals surface area contributed by atoms with Gasteiger partial charge in [-0.2, -0.15) is 0 Å². The Balaban J connectivity index is 1.06. The number of aromatic nitrogens is 2. The second-order valence-electron chi connectivity index (χ2n) is 15.6. The normalized spacial score (nSPS) is 27.0. The fourth-order valence-electron chi connectivity index (χ4n) is 10.7. The van der Waals surface area contributed by atoms with Crippen molar-refractivity contribution in [3.63, 3.8) is 0 Å². The first kappa shape index (κ1) is 29.0. The van der Waals surface area contributed by atoms with E-state index in [0.29, 0.717) is 29.6 Å². The van der Waals surface area contributed by atoms with Crippen molar-refractivity contribution >= 4 is 58.3 Å². The van der Waals surface area contributed by atoms with E-state index in [-0.39, 0.29) is 0 Å². The molecular formula is C48H44N2. The van der Waals surface area contributed by atoms with Crippen molar-refractivity contribution < 1.29 is 0 Å². The van der Waals surface area contributed by atoms with Crippen molar-refractivity contribution in [2.45, 2.75) is 57.8 Å². The Bertz CT molecular complexity index is 2660. The van der Waals surface area contributed by atoms with E-state index < -0.39 is 0 Å². The van der Waals surface area contributed by atoms with Gasteiger partial charge in [-0.05, 0) is 104 Å². The van der Waals surface area contributed by atoms with Gasteiger partial charge in [0.1, 0.15) is 0 Å². The Morgan fingerprint density at radius 2 is 1.44 bits per heavy atom. The summed E-state index contributed by atoms with van der Waals surface area (Å²) in [6, 6.07) is 18.4. The molecule has 5 unspecified atom stereocenters. The minimum atomic E-state index is 0.454. The first-order valence-electron chi connectivity index (χ1n) is 19.3. The lowest BCUT2D eigenvalue weighted by atomic mass is 9.79. The standard InChI is InChI=1S/C48H44N2/c1-4-16-36-31(12-1)14-11-23-43(36)49-44-21-9-7-19-39(44)41-28-32(24-26-46(41)49)33-25-27-47-42(29-33)40-20-8-10-22-45(40)50(47)48-30-34-13-2-3-15-35(34)37-17-5-6-18-38(37)48/h3-9,11,14-21,23,26-29,31-34,36H,1-2,10,12-13,22,24-25,30H2. The molecule has 5 atom stereocenters. The molecule has 2 heteroatoms. The van der Waals surface area contributed by atoms with Crippen LogP contribution in [0.15, 0.2) is 97.1 Å². The predicted octanol–water partition coefficient (Wildman–Crippen LogP) is 6.43. The van der Waals surface area contributed by atoms with Gasteiger partial charge < -0.3 is 9.13 Å². The zero-order valence-electron chi connectivity index (χ0n) is 28.8. The van der Waals surface area contributed by atoms with E-state index >= 15 is 0 Å². The monoisotopic (exact) mass is 648 g/mol. The van der Waals surface area contributed by atoms with Crippen molar-refractivity contribution in [2.24, 2.45) is 29.6 Å². The Morgan fingerprint density at radius 3 is 2.36 bits per heavy atom. The highest BCUT2D eigenvalue weighted by Crippen LogP contribution is 2.38. The van der Waals surface area contributed by atoms with Gasteiger partial charge in [-0.25, -0.2) is 0 Å². The Labute approximate surface area is 293 Å². The maximum atomic E-state index is 2.73. The van der Waals surface area contributed by atoms with Crippen LogP contribution in [0.5, 0.6) is 0 Å². The van der Waals surface area contributed by atoms with E-state index in [2.05, 4.69) is 137 Å². The van der Waals surface area contributed by atoms with E-state index in [1.54, 1.807) is 5.57 Å². The summed E-state index contributed by atoms with van der Waals surface area (Å²) >= 11 is 0. The van der Waals surface area contributed by atoms with Gasteiger partial charge in [-0.3, -0.25) is 0 Å². The molecule has 0 amide bonds. The van der Waals surface area contributed by atoms with E-state index in [0.717, 1.165) is 32.1 Å². The number of para-hydroxylation sites is 1. The smallest absolute Gasteiger partial charge is 0.0537 e. The lowest BCUT2D eigenvalue weighted by Crippen LogP contribution is -2.42. The summed E-state index contributed by atoms with van der Waals surface area (Å²) in [7, 11) is 0. The Kier molecular flexibility index (Phi) is 6.58. The molecule has 0 N–H and O–H groups in total. The number of fused-ring (bicyclic) bond motifs is 9. The second-order valence-corrected chi connectivity index (χ2v) is 15.6. The summed E-state index contributed by atoms with van der Waals surface area (Å²) in [5, 5.41) is 10.0. The topological polar surface area (TPSA) is 9.86 Å². The molecule has 0 saturated carbocycles. The molecule has 0 spiro atoms. The molecule has 0 fully saturated rings. The highest BCUT2D eigenvalue weighted by atomic mass is 15.0. The molecule has 2 aromatic carbocycles. The van der Waals surface area contributed by atoms with Crippen LogP contribution in [0, 0.1) is 29.6 Å². The molecule has 2 aromatic heterocycles. The second kappa shape index (κ2) is 11.4. The fourth-order valence-corrected chi connectivity index (χ4v) is 10.7. The van der Waals surface area contributed by atoms with Crippen molar-refractivity contribution in [1.82, 2.24) is 9.13 Å². The van der Waals surface area contributed by atoms with Crippen LogP contribution >= 0.6 is 0 Å². The molecular weight excluding hydrogens is 605 g/mol. The Hall–Kier alpha value is -4.82. The predicted molar refractivity (Wildman–Crippen MR) is 209 cm³/mol. The van der Waals surface area contributed by atoms with Crippen LogP contribution in [0.2, 0.25) is 0 Å². The molecule has 0 aliphatic heterocycles. The van der Waals surface area contributed by atoms with E-state index in [9.17, 15) is 0 Å². The lowest BCUT2D eigenvalue weighted by Gasteiger charge is -2.31. The maximum Gasteiger partial charge on any atom is 0.0537 e. The third-order valence-corrected chi connectivity index (χ3v) is 13.0. The number of hydrogen-bond donors (Lipinski definition) is 0. The first-order chi connectivity index (χ1) is 24.8. The highest BCUT2D eigenvalue weighted by Gasteiger charge is 2.31. The highest BCUT2D eigenvalue weighted by molar-refractivity contribution is 5.87. The van der Waals surface area contributed by atoms with E-state index in [4.69, 9.17) is 0 Å². The van der Waals surface area contributed by atoms with Gasteiger partial charge >= 0.3 is 0 Å². The summed E-state index contributed by atoms with van der Waals surface area (Å²) in [4.78, 5) is 0. The molecule has 7 aliphatic rings. The number of hydrogen-bond acceptors (Lipinski definition) is 0. The maximum absolute atomic E-state index is 2.73. The largest absolute Gasteiger partial charge is 0.316 e. The van der Waals surface area contributed by atoms with E-state index in [1.165, 1.54) is 90.8 Å². The van der Waals surface area contributed by atoms with Gasteiger partial charge in [0.15, 0.2) is 0 Å². The number of allylic oxidation sites excluding steroid dienone is 9. The quantitative estimate of drug-likeness (QED) is 0.227. The van der Waals surface area contributed by atoms with Crippen LogP contribution in [-0.2, 0) is 6.42 Å². The zero-order chi connectivity index (χ0) is 32.8. The Morgan fingerprint density at radius 1 is 0.660 bits per heavy atom. The summed E-state index contributed by atoms with van der Waals surface area (Å²) in [6.45, 7) is 0. The molecule has 7 aliphatic carbocycles. The summed E-state index contributed by atoms with van der Waals surface area (Å²) in [5.41, 5.74) is 8.86. The van der Waals surface area contributed by atoms with Crippen molar-refractivity contribution in [3.8, 4) is 0 Å². The number of nitrogens with zero attached hydrogens (tertiary/aromatic N) is 2. The molecule has 0 saturated heterocycles. The average molecular weight is 649 g/mol. The zero-order valence-corrected chi connectivity index (χ0v) is 28.8. The lowest BCUT2D eigenvalue weighted by molar-refractivity contribution is 0.491. The average Bonchev–Trinajstić information content (AvgIpc) is 3.69. The van der Waals surface area contributed by atoms with Gasteiger partial charge in [-0.1, -0.05) is 115 Å². The van der Waals surface area contributed by atoms with Crippen LogP contribution in [-0.4, -0.2) is 9.13 Å². The molecule has 0 radical (unpaired) electrons. The fraction of sp³-hybridized carbons (Fsp3) is 0.292. The minimum absolute atomic E-state index is 0.454. The minimum Gasteiger partial charge on any atom is -0.316 e. The van der Waals surface area contributed by atoms with Crippen molar-refractivity contribution in [1.29, 1.82) is 0 Å².